The average Bonchev–Trinajstić information content (AvgIpc) is 1.63. The van der Waals surface area contributed by atoms with Crippen LogP contribution < -0.4 is 0 Å². The summed E-state index contributed by atoms with van der Waals surface area (Å²) < 4.78 is 0. The van der Waals surface area contributed by atoms with Crippen molar-refractivity contribution in [2.45, 2.75) is 27.2 Å². The number of hydrogen-bond donors (Lipinski definition) is 0. The Balaban J connectivity index is 3.54. The molecule has 0 saturated heterocycles. The molecule has 0 atom stereocenters. The maximum atomic E-state index is 8.13. The van der Waals surface area contributed by atoms with E-state index in [1.165, 1.54) is 6.08 Å². The Bertz CT molecular complexity index is 132. The first kappa shape index (κ1) is 8.23. The summed E-state index contributed by atoms with van der Waals surface area (Å²) in [7, 11) is 0. The quantitative estimate of drug-likeness (QED) is 0.491. The molecule has 0 aliphatic carbocycles. The van der Waals surface area contributed by atoms with Crippen LogP contribution >= 0.6 is 0 Å². The standard InChI is InChI=1S/C8H13N/c1-8(2,3)6-4-5-7-9/h4-5H,6H2,1-3H3. The molecule has 0 aromatic heterocycles. The Labute approximate surface area is 57.0 Å². The molecule has 0 radical (unpaired) electrons. The smallest absolute Gasteiger partial charge is 0.0908 e. The van der Waals surface area contributed by atoms with Crippen molar-refractivity contribution in [2.24, 2.45) is 5.41 Å². The van der Waals surface area contributed by atoms with Crippen LogP contribution in [0.4, 0.5) is 0 Å². The maximum Gasteiger partial charge on any atom is 0.0908 e. The number of nitriles is 1. The highest BCUT2D eigenvalue weighted by atomic mass is 14.2. The highest BCUT2D eigenvalue weighted by Crippen LogP contribution is 2.18. The van der Waals surface area contributed by atoms with E-state index >= 15 is 0 Å². The number of rotatable bonds is 1. The van der Waals surface area contributed by atoms with Gasteiger partial charge >= 0.3 is 0 Å². The first-order valence-electron chi connectivity index (χ1n) is 3.11. The van der Waals surface area contributed by atoms with Crippen LogP contribution in [0.15, 0.2) is 12.2 Å². The zero-order valence-corrected chi connectivity index (χ0v) is 6.31. The highest BCUT2D eigenvalue weighted by Gasteiger charge is 2.05. The Morgan fingerprint density at radius 3 is 2.33 bits per heavy atom. The molecule has 0 heterocycles. The predicted octanol–water partition coefficient (Wildman–Crippen LogP) is 2.50. The molecule has 0 amide bonds. The first-order valence-corrected chi connectivity index (χ1v) is 3.11. The van der Waals surface area contributed by atoms with Gasteiger partial charge in [0, 0.05) is 6.08 Å². The van der Waals surface area contributed by atoms with Gasteiger partial charge in [0.15, 0.2) is 0 Å². The topological polar surface area (TPSA) is 23.8 Å². The highest BCUT2D eigenvalue weighted by molar-refractivity contribution is 5.02. The van der Waals surface area contributed by atoms with E-state index in [1.54, 1.807) is 0 Å². The second-order valence-corrected chi connectivity index (χ2v) is 3.30. The minimum absolute atomic E-state index is 0.313. The van der Waals surface area contributed by atoms with Gasteiger partial charge in [0.25, 0.3) is 0 Å². The van der Waals surface area contributed by atoms with E-state index in [-0.39, 0.29) is 0 Å². The maximum absolute atomic E-state index is 8.13. The van der Waals surface area contributed by atoms with Crippen molar-refractivity contribution in [2.75, 3.05) is 0 Å². The van der Waals surface area contributed by atoms with Crippen LogP contribution in [0.1, 0.15) is 27.2 Å². The molecule has 0 aliphatic rings. The van der Waals surface area contributed by atoms with Crippen molar-refractivity contribution in [1.29, 1.82) is 5.26 Å². The number of allylic oxidation sites excluding steroid dienone is 2. The van der Waals surface area contributed by atoms with Gasteiger partial charge in [-0.3, -0.25) is 0 Å². The molecule has 1 nitrogen and oxygen atoms in total. The fourth-order valence-corrected chi connectivity index (χ4v) is 0.465. The lowest BCUT2D eigenvalue weighted by molar-refractivity contribution is 0.420. The number of hydrogen-bond acceptors (Lipinski definition) is 1. The van der Waals surface area contributed by atoms with Crippen molar-refractivity contribution in [3.8, 4) is 6.07 Å². The van der Waals surface area contributed by atoms with Gasteiger partial charge in [-0.05, 0) is 11.8 Å². The molecule has 0 spiro atoms. The van der Waals surface area contributed by atoms with Crippen LogP contribution in [-0.4, -0.2) is 0 Å². The van der Waals surface area contributed by atoms with Gasteiger partial charge in [0.05, 0.1) is 6.07 Å². The van der Waals surface area contributed by atoms with E-state index in [0.717, 1.165) is 6.42 Å². The van der Waals surface area contributed by atoms with Crippen LogP contribution in [-0.2, 0) is 0 Å². The summed E-state index contributed by atoms with van der Waals surface area (Å²) in [5.74, 6) is 0. The zero-order valence-electron chi connectivity index (χ0n) is 6.31. The summed E-state index contributed by atoms with van der Waals surface area (Å²) >= 11 is 0. The minimum Gasteiger partial charge on any atom is -0.193 e. The summed E-state index contributed by atoms with van der Waals surface area (Å²) in [4.78, 5) is 0. The summed E-state index contributed by atoms with van der Waals surface area (Å²) in [6.07, 6.45) is 4.41. The van der Waals surface area contributed by atoms with E-state index in [4.69, 9.17) is 5.26 Å². The molecule has 1 heteroatoms. The van der Waals surface area contributed by atoms with Crippen LogP contribution in [0.2, 0.25) is 0 Å². The van der Waals surface area contributed by atoms with Crippen LogP contribution in [0.25, 0.3) is 0 Å². The normalized spacial score (nSPS) is 11.8. The van der Waals surface area contributed by atoms with Gasteiger partial charge in [0.2, 0.25) is 0 Å². The third-order valence-corrected chi connectivity index (χ3v) is 0.923. The molecule has 0 N–H and O–H groups in total. The third kappa shape index (κ3) is 7.23. The lowest BCUT2D eigenvalue weighted by Crippen LogP contribution is -2.01. The Kier molecular flexibility index (Phi) is 3.01. The fourth-order valence-electron chi connectivity index (χ4n) is 0.465. The van der Waals surface area contributed by atoms with E-state index in [9.17, 15) is 0 Å². The summed E-state index contributed by atoms with van der Waals surface area (Å²) in [5, 5.41) is 8.13. The lowest BCUT2D eigenvalue weighted by Gasteiger charge is -2.13. The van der Waals surface area contributed by atoms with Crippen LogP contribution in [0, 0.1) is 16.7 Å². The van der Waals surface area contributed by atoms with Crippen LogP contribution in [0.5, 0.6) is 0 Å². The van der Waals surface area contributed by atoms with Crippen LogP contribution in [0.3, 0.4) is 0 Å². The molecular formula is C8H13N. The van der Waals surface area contributed by atoms with Gasteiger partial charge < -0.3 is 0 Å². The van der Waals surface area contributed by atoms with Crippen molar-refractivity contribution in [1.82, 2.24) is 0 Å². The Morgan fingerprint density at radius 2 is 2.00 bits per heavy atom. The van der Waals surface area contributed by atoms with Crippen molar-refractivity contribution >= 4 is 0 Å². The molecule has 50 valence electrons. The molecule has 0 bridgehead atoms. The Morgan fingerprint density at radius 1 is 1.44 bits per heavy atom. The van der Waals surface area contributed by atoms with Gasteiger partial charge in [-0.2, -0.15) is 5.26 Å². The monoisotopic (exact) mass is 123 g/mol. The first-order chi connectivity index (χ1) is 4.06. The largest absolute Gasteiger partial charge is 0.193 e. The van der Waals surface area contributed by atoms with Crippen molar-refractivity contribution in [3.05, 3.63) is 12.2 Å². The molecule has 0 saturated carbocycles. The molecule has 0 aromatic rings. The number of nitrogens with zero attached hydrogens (tertiary/aromatic N) is 1. The molecule has 0 aromatic carbocycles. The molecule has 0 fully saturated rings. The SMILES string of the molecule is CC(C)(C)CC=CC#N. The fraction of sp³-hybridized carbons (Fsp3) is 0.625. The van der Waals surface area contributed by atoms with E-state index in [1.807, 2.05) is 12.1 Å². The van der Waals surface area contributed by atoms with E-state index in [2.05, 4.69) is 20.8 Å². The predicted molar refractivity (Wildman–Crippen MR) is 38.8 cm³/mol. The van der Waals surface area contributed by atoms with Crippen molar-refractivity contribution in [3.63, 3.8) is 0 Å². The third-order valence-electron chi connectivity index (χ3n) is 0.923. The molecule has 0 unspecified atom stereocenters. The summed E-state index contributed by atoms with van der Waals surface area (Å²) in [6.45, 7) is 6.44. The van der Waals surface area contributed by atoms with E-state index in [0.29, 0.717) is 5.41 Å². The van der Waals surface area contributed by atoms with E-state index < -0.39 is 0 Å². The van der Waals surface area contributed by atoms with Gasteiger partial charge in [-0.25, -0.2) is 0 Å². The van der Waals surface area contributed by atoms with Gasteiger partial charge in [0.1, 0.15) is 0 Å². The average molecular weight is 123 g/mol. The lowest BCUT2D eigenvalue weighted by atomic mass is 9.92. The Hall–Kier alpha value is -0.770. The summed E-state index contributed by atoms with van der Waals surface area (Å²) in [6, 6.07) is 1.96. The molecule has 0 rings (SSSR count). The minimum atomic E-state index is 0.313. The second kappa shape index (κ2) is 3.29. The van der Waals surface area contributed by atoms with Gasteiger partial charge in [-0.15, -0.1) is 0 Å². The molecular weight excluding hydrogens is 110 g/mol. The zero-order chi connectivity index (χ0) is 7.33. The second-order valence-electron chi connectivity index (χ2n) is 3.30. The molecule has 0 aliphatic heterocycles. The van der Waals surface area contributed by atoms with Gasteiger partial charge in [-0.1, -0.05) is 26.8 Å². The molecule has 9 heavy (non-hydrogen) atoms. The van der Waals surface area contributed by atoms with Crippen molar-refractivity contribution < 1.29 is 0 Å². The summed E-state index contributed by atoms with van der Waals surface area (Å²) in [5.41, 5.74) is 0.313.